The summed E-state index contributed by atoms with van der Waals surface area (Å²) < 4.78 is 0. The van der Waals surface area contributed by atoms with E-state index in [1.807, 2.05) is 0 Å². The first kappa shape index (κ1) is 12.5. The summed E-state index contributed by atoms with van der Waals surface area (Å²) >= 11 is 0. The summed E-state index contributed by atoms with van der Waals surface area (Å²) in [5.41, 5.74) is 6.31. The average Bonchev–Trinajstić information content (AvgIpc) is 2.44. The van der Waals surface area contributed by atoms with Crippen LogP contribution in [-0.4, -0.2) is 22.6 Å². The zero-order chi connectivity index (χ0) is 13.8. The molecule has 9 nitrogen and oxygen atoms in total. The summed E-state index contributed by atoms with van der Waals surface area (Å²) in [7, 11) is 0. The van der Waals surface area contributed by atoms with Crippen LogP contribution < -0.4 is 16.1 Å². The monoisotopic (exact) mass is 262 g/mol. The van der Waals surface area contributed by atoms with Crippen LogP contribution in [0.15, 0.2) is 51.1 Å². The number of nitrogens with two attached hydrogens (primary N) is 1. The van der Waals surface area contributed by atoms with Crippen LogP contribution in [0.2, 0.25) is 0 Å². The van der Waals surface area contributed by atoms with E-state index in [-0.39, 0.29) is 17.4 Å². The fourth-order valence-electron chi connectivity index (χ4n) is 1.62. The van der Waals surface area contributed by atoms with Crippen LogP contribution in [0.5, 0.6) is 0 Å². The van der Waals surface area contributed by atoms with E-state index in [4.69, 9.17) is 10.9 Å². The highest BCUT2D eigenvalue weighted by molar-refractivity contribution is 6.02. The number of fused-ring (bicyclic) bond motifs is 1. The molecular weight excluding hydrogens is 252 g/mol. The molecule has 0 radical (unpaired) electrons. The molecule has 0 atom stereocenters. The Labute approximate surface area is 107 Å². The standard InChI is InChI=1S/C10H10N6O3/c11-9(15-18)8-10(12-5-13-17)14-6-3-1-2-4-7(6)16(8)19/h1-5,14,18-19H,(H2,11,15)/b12-5+. The molecule has 1 aliphatic rings. The maximum atomic E-state index is 10.1. The third-order valence-corrected chi connectivity index (χ3v) is 2.41. The van der Waals surface area contributed by atoms with Gasteiger partial charge in [0.15, 0.2) is 23.7 Å². The number of oxime groups is 1. The first-order valence-corrected chi connectivity index (χ1v) is 5.11. The Hall–Kier alpha value is -2.94. The van der Waals surface area contributed by atoms with Gasteiger partial charge in [0.25, 0.3) is 0 Å². The SMILES string of the molecule is N/C(=N\O)C1=C(/N=C/N=O)Nc2ccccc2N1O. The second-order valence-electron chi connectivity index (χ2n) is 3.49. The normalized spacial score (nSPS) is 15.4. The molecule has 0 saturated heterocycles. The molecule has 0 fully saturated rings. The van der Waals surface area contributed by atoms with Crippen molar-refractivity contribution in [3.63, 3.8) is 0 Å². The molecule has 19 heavy (non-hydrogen) atoms. The summed E-state index contributed by atoms with van der Waals surface area (Å²) in [6.45, 7) is 0. The molecule has 0 saturated carbocycles. The van der Waals surface area contributed by atoms with Gasteiger partial charge in [0, 0.05) is 0 Å². The molecule has 9 heteroatoms. The average molecular weight is 262 g/mol. The predicted octanol–water partition coefficient (Wildman–Crippen LogP) is 1.02. The topological polar surface area (TPSA) is 136 Å². The Kier molecular flexibility index (Phi) is 3.39. The maximum absolute atomic E-state index is 10.1. The first-order valence-electron chi connectivity index (χ1n) is 5.11. The van der Waals surface area contributed by atoms with Crippen LogP contribution >= 0.6 is 0 Å². The van der Waals surface area contributed by atoms with E-state index < -0.39 is 0 Å². The minimum atomic E-state index is -0.373. The lowest BCUT2D eigenvalue weighted by Crippen LogP contribution is -2.34. The Morgan fingerprint density at radius 2 is 2.16 bits per heavy atom. The zero-order valence-electron chi connectivity index (χ0n) is 9.56. The molecule has 0 spiro atoms. The molecule has 0 aliphatic carbocycles. The van der Waals surface area contributed by atoms with Crippen molar-refractivity contribution in [2.75, 3.05) is 10.4 Å². The minimum Gasteiger partial charge on any atom is -0.409 e. The number of aliphatic imine (C=N–C) groups is 1. The first-order chi connectivity index (χ1) is 9.19. The summed E-state index contributed by atoms with van der Waals surface area (Å²) in [5.74, 6) is -0.348. The Morgan fingerprint density at radius 3 is 2.84 bits per heavy atom. The van der Waals surface area contributed by atoms with Gasteiger partial charge >= 0.3 is 0 Å². The van der Waals surface area contributed by atoms with Gasteiger partial charge in [-0.2, -0.15) is 0 Å². The van der Waals surface area contributed by atoms with Crippen LogP contribution in [0.1, 0.15) is 0 Å². The van der Waals surface area contributed by atoms with Gasteiger partial charge in [0.05, 0.1) is 11.4 Å². The molecule has 2 rings (SSSR count). The molecule has 1 aliphatic heterocycles. The molecule has 1 aromatic carbocycles. The number of hydrogen-bond acceptors (Lipinski definition) is 7. The van der Waals surface area contributed by atoms with E-state index in [0.717, 1.165) is 6.34 Å². The van der Waals surface area contributed by atoms with Crippen molar-refractivity contribution in [1.82, 2.24) is 0 Å². The summed E-state index contributed by atoms with van der Waals surface area (Å²) in [5, 5.41) is 27.6. The van der Waals surface area contributed by atoms with E-state index in [2.05, 4.69) is 20.6 Å². The highest BCUT2D eigenvalue weighted by Crippen LogP contribution is 2.33. The van der Waals surface area contributed by atoms with Crippen LogP contribution in [0.3, 0.4) is 0 Å². The van der Waals surface area contributed by atoms with Crippen molar-refractivity contribution in [3.05, 3.63) is 40.7 Å². The number of nitrogens with one attached hydrogen (secondary N) is 1. The number of para-hydroxylation sites is 2. The maximum Gasteiger partial charge on any atom is 0.193 e. The number of rotatable bonds is 3. The largest absolute Gasteiger partial charge is 0.409 e. The summed E-state index contributed by atoms with van der Waals surface area (Å²) in [6.07, 6.45) is 0.731. The van der Waals surface area contributed by atoms with Gasteiger partial charge in [-0.3, -0.25) is 5.21 Å². The van der Waals surface area contributed by atoms with Gasteiger partial charge in [0.2, 0.25) is 0 Å². The lowest BCUT2D eigenvalue weighted by atomic mass is 10.2. The van der Waals surface area contributed by atoms with Gasteiger partial charge in [0.1, 0.15) is 0 Å². The number of amidine groups is 1. The zero-order valence-corrected chi connectivity index (χ0v) is 9.56. The number of hydrogen-bond donors (Lipinski definition) is 4. The van der Waals surface area contributed by atoms with Crippen LogP contribution in [0.25, 0.3) is 0 Å². The van der Waals surface area contributed by atoms with Gasteiger partial charge in [-0.25, -0.2) is 10.1 Å². The second kappa shape index (κ2) is 5.14. The molecule has 5 N–H and O–H groups in total. The van der Waals surface area contributed by atoms with Crippen LogP contribution in [-0.2, 0) is 0 Å². The van der Waals surface area contributed by atoms with E-state index in [1.54, 1.807) is 24.3 Å². The molecule has 98 valence electrons. The van der Waals surface area contributed by atoms with Crippen molar-refractivity contribution in [3.8, 4) is 0 Å². The summed E-state index contributed by atoms with van der Waals surface area (Å²) in [4.78, 5) is 13.8. The quantitative estimate of drug-likeness (QED) is 0.211. The van der Waals surface area contributed by atoms with Crippen molar-refractivity contribution in [1.29, 1.82) is 0 Å². The molecule has 0 aromatic heterocycles. The molecule has 0 bridgehead atoms. The molecule has 0 amide bonds. The number of nitroso groups, excluding NO2 is 1. The smallest absolute Gasteiger partial charge is 0.193 e. The highest BCUT2D eigenvalue weighted by Gasteiger charge is 2.26. The summed E-state index contributed by atoms with van der Waals surface area (Å²) in [6, 6.07) is 6.75. The highest BCUT2D eigenvalue weighted by atomic mass is 16.5. The van der Waals surface area contributed by atoms with Crippen LogP contribution in [0, 0.1) is 4.91 Å². The van der Waals surface area contributed by atoms with Crippen molar-refractivity contribution in [2.45, 2.75) is 0 Å². The fourth-order valence-corrected chi connectivity index (χ4v) is 1.62. The number of anilines is 2. The van der Waals surface area contributed by atoms with Crippen molar-refractivity contribution < 1.29 is 10.4 Å². The van der Waals surface area contributed by atoms with Gasteiger partial charge in [-0.05, 0) is 17.3 Å². The van der Waals surface area contributed by atoms with Crippen LogP contribution in [0.4, 0.5) is 11.4 Å². The van der Waals surface area contributed by atoms with E-state index in [9.17, 15) is 10.1 Å². The van der Waals surface area contributed by atoms with E-state index in [0.29, 0.717) is 16.4 Å². The van der Waals surface area contributed by atoms with Gasteiger partial charge in [-0.1, -0.05) is 17.3 Å². The number of nitrogens with zero attached hydrogens (tertiary/aromatic N) is 4. The third-order valence-electron chi connectivity index (χ3n) is 2.41. The number of hydroxylamine groups is 1. The lowest BCUT2D eigenvalue weighted by molar-refractivity contribution is 0.283. The fraction of sp³-hybridized carbons (Fsp3) is 0. The minimum absolute atomic E-state index is 0.0242. The molecule has 0 unspecified atom stereocenters. The Bertz CT molecular complexity index is 595. The van der Waals surface area contributed by atoms with E-state index >= 15 is 0 Å². The Morgan fingerprint density at radius 1 is 1.42 bits per heavy atom. The molecular formula is C10H10N6O3. The molecule has 1 aromatic rings. The lowest BCUT2D eigenvalue weighted by Gasteiger charge is -2.28. The number of benzene rings is 1. The third kappa shape index (κ3) is 2.21. The van der Waals surface area contributed by atoms with Crippen molar-refractivity contribution >= 4 is 23.5 Å². The second-order valence-corrected chi connectivity index (χ2v) is 3.49. The molecule has 1 heterocycles. The predicted molar refractivity (Wildman–Crippen MR) is 69.1 cm³/mol. The van der Waals surface area contributed by atoms with Crippen molar-refractivity contribution in [2.24, 2.45) is 21.1 Å². The van der Waals surface area contributed by atoms with Gasteiger partial charge in [-0.15, -0.1) is 4.91 Å². The van der Waals surface area contributed by atoms with E-state index in [1.165, 1.54) is 0 Å². The Balaban J connectivity index is 2.56. The van der Waals surface area contributed by atoms with Gasteiger partial charge < -0.3 is 16.3 Å².